The summed E-state index contributed by atoms with van der Waals surface area (Å²) in [6.07, 6.45) is 2.98. The molecule has 0 aliphatic carbocycles. The topological polar surface area (TPSA) is 188 Å². The van der Waals surface area contributed by atoms with Crippen molar-refractivity contribution < 1.29 is 13.0 Å². The molecule has 0 aliphatic heterocycles. The smallest absolute Gasteiger partial charge is 0.243 e. The highest BCUT2D eigenvalue weighted by molar-refractivity contribution is 7.93. The summed E-state index contributed by atoms with van der Waals surface area (Å²) in [6.45, 7) is 0. The lowest BCUT2D eigenvalue weighted by Crippen LogP contribution is -2.28. The minimum atomic E-state index is -4.29. The van der Waals surface area contributed by atoms with E-state index in [4.69, 9.17) is 16.7 Å². The second-order valence-electron chi connectivity index (χ2n) is 5.58. The Hall–Kier alpha value is -2.64. The fraction of sp³-hybridized carbons (Fsp3) is 0.0667. The van der Waals surface area contributed by atoms with Crippen LogP contribution in [0.25, 0.3) is 22.0 Å². The van der Waals surface area contributed by atoms with Crippen LogP contribution >= 0.6 is 0 Å². The van der Waals surface area contributed by atoms with Crippen LogP contribution in [0.5, 0.6) is 0 Å². The number of hydrazine groups is 1. The molecule has 8 N–H and O–H groups in total. The van der Waals surface area contributed by atoms with Crippen molar-refractivity contribution in [1.82, 2.24) is 15.7 Å². The van der Waals surface area contributed by atoms with E-state index in [2.05, 4.69) is 15.3 Å². The number of nitrogens with zero attached hydrogens (tertiary/aromatic N) is 2. The van der Waals surface area contributed by atoms with Crippen molar-refractivity contribution in [3.05, 3.63) is 42.1 Å². The van der Waals surface area contributed by atoms with Crippen molar-refractivity contribution >= 4 is 37.9 Å². The minimum Gasteiger partial charge on any atom is -0.612 e. The van der Waals surface area contributed by atoms with Crippen molar-refractivity contribution in [2.24, 2.45) is 21.8 Å². The van der Waals surface area contributed by atoms with E-state index in [1.807, 2.05) is 11.6 Å². The number of rotatable bonds is 5. The van der Waals surface area contributed by atoms with E-state index >= 15 is 0 Å². The third-order valence-electron chi connectivity index (χ3n) is 3.92. The molecule has 0 fully saturated rings. The molecule has 0 saturated heterocycles. The fourth-order valence-corrected chi connectivity index (χ4v) is 5.04. The Kier molecular flexibility index (Phi) is 5.08. The maximum absolute atomic E-state index is 12.3. The highest BCUT2D eigenvalue weighted by Gasteiger charge is 2.30. The summed E-state index contributed by atoms with van der Waals surface area (Å²) < 4.78 is 36.8. The molecule has 0 aliphatic rings. The van der Waals surface area contributed by atoms with E-state index in [1.165, 1.54) is 12.3 Å². The molecule has 27 heavy (non-hydrogen) atoms. The van der Waals surface area contributed by atoms with Gasteiger partial charge in [-0.25, -0.2) is 24.9 Å². The number of hydrogen-bond donors (Lipinski definition) is 5. The molecule has 12 heteroatoms. The first-order valence-electron chi connectivity index (χ1n) is 7.50. The molecule has 0 radical (unpaired) electrons. The number of H-pyrrole nitrogens is 1. The van der Waals surface area contributed by atoms with Gasteiger partial charge in [-0.3, -0.25) is 5.10 Å². The van der Waals surface area contributed by atoms with Crippen LogP contribution < -0.4 is 22.3 Å². The van der Waals surface area contributed by atoms with E-state index in [-0.39, 0.29) is 21.2 Å². The summed E-state index contributed by atoms with van der Waals surface area (Å²) in [4.78, 5) is -0.350. The van der Waals surface area contributed by atoms with Crippen molar-refractivity contribution in [3.63, 3.8) is 0 Å². The van der Waals surface area contributed by atoms with Gasteiger partial charge in [-0.05, 0) is 28.9 Å². The van der Waals surface area contributed by atoms with Gasteiger partial charge in [0.05, 0.1) is 17.3 Å². The minimum absolute atomic E-state index is 0.00486. The van der Waals surface area contributed by atoms with Crippen LogP contribution in [0, 0.1) is 0 Å². The van der Waals surface area contributed by atoms with Gasteiger partial charge in [0, 0.05) is 10.9 Å². The standard InChI is InChI=1S/C15H17N7O3S2/c1-26(23)11-6-5-9(10-4-2-3-8-7-19-20-13(8)10)12(15(16)21-22-17)14(11)27(18,24)25/h2-7,22H,17H2,1H3,(H2,16,21)(H,19,20)(H2,18,24,25). The Balaban J connectivity index is 2.49. The average molecular weight is 407 g/mol. The lowest BCUT2D eigenvalue weighted by molar-refractivity contribution is 0.586. The first-order chi connectivity index (χ1) is 12.8. The number of nitrogens with two attached hydrogens (primary N) is 3. The molecule has 0 bridgehead atoms. The number of hydrazone groups is 1. The van der Waals surface area contributed by atoms with Crippen molar-refractivity contribution in [3.8, 4) is 11.1 Å². The number of benzene rings is 2. The molecular formula is C15H17N7O3S2. The van der Waals surface area contributed by atoms with Crippen LogP contribution in [0.3, 0.4) is 0 Å². The van der Waals surface area contributed by atoms with Crippen molar-refractivity contribution in [1.29, 1.82) is 0 Å². The fourth-order valence-electron chi connectivity index (χ4n) is 2.87. The molecule has 1 unspecified atom stereocenters. The normalized spacial score (nSPS) is 13.7. The number of para-hydroxylation sites is 1. The van der Waals surface area contributed by atoms with Crippen LogP contribution in [-0.2, 0) is 21.2 Å². The Morgan fingerprint density at radius 3 is 2.67 bits per heavy atom. The van der Waals surface area contributed by atoms with Crippen LogP contribution in [0.2, 0.25) is 0 Å². The Bertz CT molecular complexity index is 1140. The molecule has 1 heterocycles. The second-order valence-corrected chi connectivity index (χ2v) is 8.43. The molecule has 0 amide bonds. The SMILES string of the molecule is C[S+]([O-])c1ccc(-c2cccc3cn[nH]c23)c(/C(N)=N/NN)c1S(N)(=O)=O. The highest BCUT2D eigenvalue weighted by Crippen LogP contribution is 2.35. The molecule has 3 rings (SSSR count). The van der Waals surface area contributed by atoms with E-state index in [1.54, 1.807) is 24.4 Å². The zero-order valence-corrected chi connectivity index (χ0v) is 15.8. The lowest BCUT2D eigenvalue weighted by atomic mass is 9.97. The number of amidine groups is 1. The predicted molar refractivity (Wildman–Crippen MR) is 103 cm³/mol. The largest absolute Gasteiger partial charge is 0.612 e. The lowest BCUT2D eigenvalue weighted by Gasteiger charge is -2.17. The number of aromatic amines is 1. The average Bonchev–Trinajstić information content (AvgIpc) is 3.08. The van der Waals surface area contributed by atoms with E-state index in [0.29, 0.717) is 16.6 Å². The molecule has 1 aromatic heterocycles. The summed E-state index contributed by atoms with van der Waals surface area (Å²) in [5.41, 5.74) is 9.73. The van der Waals surface area contributed by atoms with Gasteiger partial charge < -0.3 is 10.3 Å². The zero-order chi connectivity index (χ0) is 19.8. The Morgan fingerprint density at radius 2 is 2.04 bits per heavy atom. The highest BCUT2D eigenvalue weighted by atomic mass is 32.2. The number of primary sulfonamides is 1. The Morgan fingerprint density at radius 1 is 1.30 bits per heavy atom. The van der Waals surface area contributed by atoms with E-state index in [9.17, 15) is 13.0 Å². The monoisotopic (exact) mass is 407 g/mol. The first-order valence-corrected chi connectivity index (χ1v) is 10.6. The van der Waals surface area contributed by atoms with Gasteiger partial charge in [0.25, 0.3) is 0 Å². The summed E-state index contributed by atoms with van der Waals surface area (Å²) in [6, 6.07) is 8.44. The quantitative estimate of drug-likeness (QED) is 0.126. The first kappa shape index (κ1) is 19.1. The third kappa shape index (κ3) is 3.48. The second kappa shape index (κ2) is 7.17. The van der Waals surface area contributed by atoms with Crippen LogP contribution in [0.1, 0.15) is 5.56 Å². The van der Waals surface area contributed by atoms with Gasteiger partial charge in [-0.2, -0.15) is 5.10 Å². The van der Waals surface area contributed by atoms with E-state index in [0.717, 1.165) is 5.39 Å². The molecule has 142 valence electrons. The van der Waals surface area contributed by atoms with Crippen LogP contribution in [0.15, 0.2) is 51.4 Å². The number of nitrogens with one attached hydrogen (secondary N) is 2. The number of sulfonamides is 1. The maximum atomic E-state index is 12.3. The molecule has 0 saturated carbocycles. The molecule has 0 spiro atoms. The predicted octanol–water partition coefficient (Wildman–Crippen LogP) is -0.302. The van der Waals surface area contributed by atoms with Gasteiger partial charge in [-0.15, -0.1) is 5.10 Å². The van der Waals surface area contributed by atoms with Gasteiger partial charge in [-0.1, -0.05) is 18.2 Å². The molecule has 3 aromatic rings. The van der Waals surface area contributed by atoms with Crippen LogP contribution in [0.4, 0.5) is 0 Å². The summed E-state index contributed by atoms with van der Waals surface area (Å²) in [5, 5.41) is 16.8. The van der Waals surface area contributed by atoms with Gasteiger partial charge in [0.15, 0.2) is 10.7 Å². The van der Waals surface area contributed by atoms with Crippen molar-refractivity contribution in [2.75, 3.05) is 6.26 Å². The number of hydrogen-bond acceptors (Lipinski definition) is 7. The maximum Gasteiger partial charge on any atom is 0.243 e. The summed E-state index contributed by atoms with van der Waals surface area (Å²) in [5.74, 6) is 4.99. The number of aromatic nitrogens is 2. The third-order valence-corrected chi connectivity index (χ3v) is 6.01. The van der Waals surface area contributed by atoms with Gasteiger partial charge in [0.2, 0.25) is 10.0 Å². The molecule has 10 nitrogen and oxygen atoms in total. The molecule has 1 atom stereocenters. The van der Waals surface area contributed by atoms with Crippen molar-refractivity contribution in [2.45, 2.75) is 9.79 Å². The number of fused-ring (bicyclic) bond motifs is 1. The molecule has 2 aromatic carbocycles. The van der Waals surface area contributed by atoms with Crippen LogP contribution in [-0.4, -0.2) is 35.3 Å². The zero-order valence-electron chi connectivity index (χ0n) is 14.1. The summed E-state index contributed by atoms with van der Waals surface area (Å²) in [7, 11) is -4.29. The van der Waals surface area contributed by atoms with E-state index < -0.39 is 21.2 Å². The Labute approximate surface area is 158 Å². The van der Waals surface area contributed by atoms with Gasteiger partial charge in [0.1, 0.15) is 11.2 Å². The molecular weight excluding hydrogens is 390 g/mol. The van der Waals surface area contributed by atoms with Gasteiger partial charge >= 0.3 is 0 Å². The summed E-state index contributed by atoms with van der Waals surface area (Å²) >= 11 is -1.64.